The van der Waals surface area contributed by atoms with Crippen molar-refractivity contribution in [3.05, 3.63) is 30.1 Å². The Kier molecular flexibility index (Phi) is 5.75. The first-order valence-corrected chi connectivity index (χ1v) is 10.4. The predicted octanol–water partition coefficient (Wildman–Crippen LogP) is 4.69. The van der Waals surface area contributed by atoms with Crippen LogP contribution < -0.4 is 0 Å². The number of hydrogen-bond donors (Lipinski definition) is 1. The molecule has 0 saturated carbocycles. The van der Waals surface area contributed by atoms with Gasteiger partial charge in [0.25, 0.3) is 5.89 Å². The van der Waals surface area contributed by atoms with Gasteiger partial charge < -0.3 is 23.3 Å². The molecule has 1 saturated heterocycles. The van der Waals surface area contributed by atoms with Crippen molar-refractivity contribution in [2.75, 3.05) is 13.1 Å². The zero-order valence-electron chi connectivity index (χ0n) is 17.3. The van der Waals surface area contributed by atoms with Crippen LogP contribution in [0.1, 0.15) is 39.4 Å². The van der Waals surface area contributed by atoms with Crippen LogP contribution in [0.2, 0.25) is 0 Å². The molecule has 0 N–H and O–H groups in total. The van der Waals surface area contributed by atoms with E-state index in [-0.39, 0.29) is 18.8 Å². The minimum atomic E-state index is -0.490. The molecule has 0 bridgehead atoms. The highest BCUT2D eigenvalue weighted by atomic mass is 32.1. The molecule has 160 valence electrons. The number of aromatic nitrogens is 2. The zero-order chi connectivity index (χ0) is 21.3. The van der Waals surface area contributed by atoms with Crippen molar-refractivity contribution < 1.29 is 23.2 Å². The number of hydrogen-bond acceptors (Lipinski definition) is 8. The number of benzene rings is 1. The van der Waals surface area contributed by atoms with E-state index in [0.29, 0.717) is 30.6 Å². The van der Waals surface area contributed by atoms with Gasteiger partial charge in [0.1, 0.15) is 17.8 Å². The van der Waals surface area contributed by atoms with Crippen molar-refractivity contribution in [3.63, 3.8) is 0 Å². The van der Waals surface area contributed by atoms with Crippen LogP contribution in [0.4, 0.5) is 4.79 Å². The molecule has 1 amide bonds. The lowest BCUT2D eigenvalue weighted by molar-refractivity contribution is -0.0190. The molecule has 1 aliphatic rings. The SMILES string of the molecule is CC(C)(C)OC(=O)N1CCC(OCc2noc(-c3cc4cc(S)ccc4o3)n2)CC1. The Bertz CT molecular complexity index is 1030. The Balaban J connectivity index is 1.29. The van der Waals surface area contributed by atoms with Crippen molar-refractivity contribution >= 4 is 29.7 Å². The van der Waals surface area contributed by atoms with Crippen molar-refractivity contribution in [2.45, 2.75) is 56.8 Å². The number of carbonyl (C=O) groups is 1. The van der Waals surface area contributed by atoms with Gasteiger partial charge in [0, 0.05) is 23.4 Å². The number of amides is 1. The van der Waals surface area contributed by atoms with Crippen LogP contribution in [-0.2, 0) is 16.1 Å². The molecule has 2 aromatic heterocycles. The number of furan rings is 1. The monoisotopic (exact) mass is 431 g/mol. The first kappa shape index (κ1) is 20.7. The normalized spacial score (nSPS) is 15.7. The van der Waals surface area contributed by atoms with Crippen LogP contribution in [0, 0.1) is 0 Å². The van der Waals surface area contributed by atoms with Crippen molar-refractivity contribution in [2.24, 2.45) is 0 Å². The number of rotatable bonds is 4. The van der Waals surface area contributed by atoms with Crippen LogP contribution in [0.5, 0.6) is 0 Å². The van der Waals surface area contributed by atoms with Crippen LogP contribution in [0.25, 0.3) is 22.6 Å². The van der Waals surface area contributed by atoms with Gasteiger partial charge in [-0.25, -0.2) is 4.79 Å². The third-order valence-corrected chi connectivity index (χ3v) is 5.00. The quantitative estimate of drug-likeness (QED) is 0.599. The molecule has 4 rings (SSSR count). The van der Waals surface area contributed by atoms with Gasteiger partial charge in [-0.15, -0.1) is 12.6 Å². The molecule has 1 aliphatic heterocycles. The Morgan fingerprint density at radius 1 is 1.27 bits per heavy atom. The van der Waals surface area contributed by atoms with E-state index in [0.717, 1.165) is 28.7 Å². The minimum Gasteiger partial charge on any atom is -0.451 e. The van der Waals surface area contributed by atoms with Gasteiger partial charge in [0.15, 0.2) is 11.6 Å². The van der Waals surface area contributed by atoms with Gasteiger partial charge in [-0.3, -0.25) is 0 Å². The highest BCUT2D eigenvalue weighted by molar-refractivity contribution is 7.80. The number of ether oxygens (including phenoxy) is 2. The maximum Gasteiger partial charge on any atom is 0.410 e. The van der Waals surface area contributed by atoms with E-state index in [4.69, 9.17) is 18.4 Å². The first-order chi connectivity index (χ1) is 14.3. The summed E-state index contributed by atoms with van der Waals surface area (Å²) in [5.74, 6) is 1.27. The molecule has 1 aromatic carbocycles. The van der Waals surface area contributed by atoms with E-state index < -0.39 is 5.60 Å². The number of thiol groups is 1. The first-order valence-electron chi connectivity index (χ1n) is 9.92. The Morgan fingerprint density at radius 2 is 2.03 bits per heavy atom. The Labute approximate surface area is 179 Å². The Morgan fingerprint density at radius 3 is 2.77 bits per heavy atom. The molecular weight excluding hydrogens is 406 g/mol. The smallest absolute Gasteiger partial charge is 0.410 e. The van der Waals surface area contributed by atoms with Crippen LogP contribution in [0.3, 0.4) is 0 Å². The second-order valence-corrected chi connectivity index (χ2v) is 8.84. The molecule has 0 unspecified atom stereocenters. The molecule has 0 aliphatic carbocycles. The van der Waals surface area contributed by atoms with Gasteiger partial charge in [-0.2, -0.15) is 4.98 Å². The lowest BCUT2D eigenvalue weighted by atomic mass is 10.1. The molecule has 9 heteroatoms. The fourth-order valence-electron chi connectivity index (χ4n) is 3.27. The Hall–Kier alpha value is -2.52. The highest BCUT2D eigenvalue weighted by Crippen LogP contribution is 2.28. The van der Waals surface area contributed by atoms with Gasteiger partial charge in [-0.05, 0) is 57.9 Å². The van der Waals surface area contributed by atoms with E-state index in [2.05, 4.69) is 22.8 Å². The second-order valence-electron chi connectivity index (χ2n) is 8.33. The molecule has 1 fully saturated rings. The number of nitrogens with zero attached hydrogens (tertiary/aromatic N) is 3. The van der Waals surface area contributed by atoms with Crippen LogP contribution in [0.15, 0.2) is 38.1 Å². The maximum absolute atomic E-state index is 12.1. The summed E-state index contributed by atoms with van der Waals surface area (Å²) >= 11 is 4.34. The summed E-state index contributed by atoms with van der Waals surface area (Å²) in [4.78, 5) is 19.1. The van der Waals surface area contributed by atoms with Gasteiger partial charge in [0.05, 0.1) is 6.10 Å². The zero-order valence-corrected chi connectivity index (χ0v) is 18.1. The lowest BCUT2D eigenvalue weighted by Gasteiger charge is -2.33. The summed E-state index contributed by atoms with van der Waals surface area (Å²) < 4.78 is 22.4. The average molecular weight is 432 g/mol. The van der Waals surface area contributed by atoms with Gasteiger partial charge in [-0.1, -0.05) is 5.16 Å². The topological polar surface area (TPSA) is 90.8 Å². The van der Waals surface area contributed by atoms with E-state index in [1.807, 2.05) is 45.0 Å². The molecule has 3 heterocycles. The van der Waals surface area contributed by atoms with Crippen molar-refractivity contribution in [1.82, 2.24) is 15.0 Å². The maximum atomic E-state index is 12.1. The van der Waals surface area contributed by atoms with Gasteiger partial charge in [0.2, 0.25) is 0 Å². The minimum absolute atomic E-state index is 0.0330. The number of fused-ring (bicyclic) bond motifs is 1. The van der Waals surface area contributed by atoms with E-state index >= 15 is 0 Å². The number of piperidine rings is 1. The largest absolute Gasteiger partial charge is 0.451 e. The molecule has 0 radical (unpaired) electrons. The summed E-state index contributed by atoms with van der Waals surface area (Å²) in [6.45, 7) is 7.03. The summed E-state index contributed by atoms with van der Waals surface area (Å²) in [6.07, 6.45) is 1.23. The molecule has 0 atom stereocenters. The van der Waals surface area contributed by atoms with Crippen molar-refractivity contribution in [3.8, 4) is 11.7 Å². The number of likely N-dealkylation sites (tertiary alicyclic amines) is 1. The summed E-state index contributed by atoms with van der Waals surface area (Å²) in [5, 5.41) is 4.90. The molecule has 30 heavy (non-hydrogen) atoms. The van der Waals surface area contributed by atoms with Crippen LogP contribution >= 0.6 is 12.6 Å². The fraction of sp³-hybridized carbons (Fsp3) is 0.476. The third-order valence-electron chi connectivity index (χ3n) is 4.72. The number of carbonyl (C=O) groups excluding carboxylic acids is 1. The summed E-state index contributed by atoms with van der Waals surface area (Å²) in [7, 11) is 0. The second kappa shape index (κ2) is 8.31. The van der Waals surface area contributed by atoms with Gasteiger partial charge >= 0.3 is 6.09 Å². The third kappa shape index (κ3) is 4.96. The van der Waals surface area contributed by atoms with E-state index in [1.165, 1.54) is 0 Å². The van der Waals surface area contributed by atoms with E-state index in [1.54, 1.807) is 4.90 Å². The summed E-state index contributed by atoms with van der Waals surface area (Å²) in [5.41, 5.74) is 0.242. The van der Waals surface area contributed by atoms with Crippen molar-refractivity contribution in [1.29, 1.82) is 0 Å². The average Bonchev–Trinajstić information content (AvgIpc) is 3.31. The predicted molar refractivity (Wildman–Crippen MR) is 112 cm³/mol. The fourth-order valence-corrected chi connectivity index (χ4v) is 3.49. The standard InChI is InChI=1S/C21H25N3O5S/c1-21(2,3)28-20(25)24-8-6-14(7-9-24)26-12-18-22-19(29-23-18)17-11-13-10-15(30)4-5-16(13)27-17/h4-5,10-11,14,30H,6-9,12H2,1-3H3. The molecular formula is C21H25N3O5S. The molecule has 3 aromatic rings. The molecule has 0 spiro atoms. The summed E-state index contributed by atoms with van der Waals surface area (Å²) in [6, 6.07) is 7.47. The van der Waals surface area contributed by atoms with Crippen LogP contribution in [-0.4, -0.2) is 45.9 Å². The highest BCUT2D eigenvalue weighted by Gasteiger charge is 2.27. The molecule has 8 nitrogen and oxygen atoms in total. The lowest BCUT2D eigenvalue weighted by Crippen LogP contribution is -2.43. The van der Waals surface area contributed by atoms with E-state index in [9.17, 15) is 4.79 Å².